The summed E-state index contributed by atoms with van der Waals surface area (Å²) in [6, 6.07) is 2.74. The van der Waals surface area contributed by atoms with Gasteiger partial charge in [-0.25, -0.2) is 8.78 Å². The zero-order chi connectivity index (χ0) is 13.8. The van der Waals surface area contributed by atoms with Crippen LogP contribution < -0.4 is 0 Å². The van der Waals surface area contributed by atoms with Crippen LogP contribution in [0.5, 0.6) is 0 Å². The fourth-order valence-electron chi connectivity index (χ4n) is 2.43. The highest BCUT2D eigenvalue weighted by atomic mass is 32.2. The van der Waals surface area contributed by atoms with Crippen LogP contribution in [0.4, 0.5) is 8.78 Å². The molecule has 1 unspecified atom stereocenters. The summed E-state index contributed by atoms with van der Waals surface area (Å²) in [5.74, 6) is -1.34. The molecule has 0 radical (unpaired) electrons. The Bertz CT molecular complexity index is 496. The summed E-state index contributed by atoms with van der Waals surface area (Å²) in [5, 5.41) is 0. The molecule has 5 heteroatoms. The van der Waals surface area contributed by atoms with Crippen molar-refractivity contribution in [2.45, 2.75) is 25.7 Å². The number of rotatable bonds is 5. The van der Waals surface area contributed by atoms with Crippen LogP contribution in [-0.4, -0.2) is 21.5 Å². The normalized spacial score (nSPS) is 17.6. The van der Waals surface area contributed by atoms with E-state index in [1.54, 1.807) is 0 Å². The number of carbonyl (C=O) groups is 1. The molecule has 0 amide bonds. The number of halogens is 2. The third-order valence-electron chi connectivity index (χ3n) is 3.42. The third-order valence-corrected chi connectivity index (χ3v) is 4.84. The Labute approximate surface area is 113 Å². The molecule has 1 saturated carbocycles. The van der Waals surface area contributed by atoms with Crippen LogP contribution in [0.3, 0.4) is 0 Å². The van der Waals surface area contributed by atoms with Crippen LogP contribution in [0.2, 0.25) is 0 Å². The van der Waals surface area contributed by atoms with Gasteiger partial charge in [0.25, 0.3) is 0 Å². The van der Waals surface area contributed by atoms with E-state index in [9.17, 15) is 17.8 Å². The lowest BCUT2D eigenvalue weighted by Crippen LogP contribution is -2.18. The Morgan fingerprint density at radius 1 is 1.26 bits per heavy atom. The summed E-state index contributed by atoms with van der Waals surface area (Å²) >= 11 is 0. The van der Waals surface area contributed by atoms with Crippen LogP contribution in [0, 0.1) is 17.6 Å². The Hall–Kier alpha value is -1.10. The second-order valence-electron chi connectivity index (χ2n) is 4.95. The number of ketones is 1. The minimum absolute atomic E-state index is 0.225. The Morgan fingerprint density at radius 3 is 2.63 bits per heavy atom. The molecule has 0 heterocycles. The van der Waals surface area contributed by atoms with Crippen molar-refractivity contribution >= 4 is 16.6 Å². The van der Waals surface area contributed by atoms with Gasteiger partial charge < -0.3 is 0 Å². The highest BCUT2D eigenvalue weighted by Gasteiger charge is 2.21. The SMILES string of the molecule is O=C(CS(=O)CC1CCCC1)c1cc(F)ccc1F. The largest absolute Gasteiger partial charge is 0.293 e. The molecular formula is C14H16F2O2S. The molecule has 1 fully saturated rings. The van der Waals surface area contributed by atoms with E-state index in [0.717, 1.165) is 43.9 Å². The maximum Gasteiger partial charge on any atom is 0.178 e. The van der Waals surface area contributed by atoms with Crippen LogP contribution in [0.1, 0.15) is 36.0 Å². The first kappa shape index (κ1) is 14.3. The molecular weight excluding hydrogens is 270 g/mol. The minimum atomic E-state index is -1.29. The van der Waals surface area contributed by atoms with Gasteiger partial charge in [0.2, 0.25) is 0 Å². The van der Waals surface area contributed by atoms with Crippen LogP contribution in [0.15, 0.2) is 18.2 Å². The molecule has 2 nitrogen and oxygen atoms in total. The van der Waals surface area contributed by atoms with Crippen molar-refractivity contribution in [3.63, 3.8) is 0 Å². The highest BCUT2D eigenvalue weighted by molar-refractivity contribution is 7.85. The summed E-state index contributed by atoms with van der Waals surface area (Å²) in [6.07, 6.45) is 4.39. The van der Waals surface area contributed by atoms with Crippen LogP contribution in [-0.2, 0) is 10.8 Å². The fourth-order valence-corrected chi connectivity index (χ4v) is 3.86. The van der Waals surface area contributed by atoms with Crippen molar-refractivity contribution in [2.24, 2.45) is 5.92 Å². The number of hydrogen-bond donors (Lipinski definition) is 0. The van der Waals surface area contributed by atoms with Crippen molar-refractivity contribution in [3.05, 3.63) is 35.4 Å². The minimum Gasteiger partial charge on any atom is -0.293 e. The molecule has 0 N–H and O–H groups in total. The van der Waals surface area contributed by atoms with E-state index < -0.39 is 28.2 Å². The molecule has 0 bridgehead atoms. The Kier molecular flexibility index (Phi) is 4.80. The quantitative estimate of drug-likeness (QED) is 0.780. The van der Waals surface area contributed by atoms with Crippen molar-refractivity contribution in [1.29, 1.82) is 0 Å². The topological polar surface area (TPSA) is 34.1 Å². The van der Waals surface area contributed by atoms with E-state index in [1.807, 2.05) is 0 Å². The van der Waals surface area contributed by atoms with Gasteiger partial charge >= 0.3 is 0 Å². The molecule has 104 valence electrons. The fraction of sp³-hybridized carbons (Fsp3) is 0.500. The van der Waals surface area contributed by atoms with Gasteiger partial charge in [0.15, 0.2) is 5.78 Å². The number of hydrogen-bond acceptors (Lipinski definition) is 2. The number of benzene rings is 1. The molecule has 0 saturated heterocycles. The molecule has 0 spiro atoms. The van der Waals surface area contributed by atoms with Gasteiger partial charge in [-0.3, -0.25) is 9.00 Å². The molecule has 2 rings (SSSR count). The zero-order valence-electron chi connectivity index (χ0n) is 10.5. The number of carbonyl (C=O) groups excluding carboxylic acids is 1. The molecule has 1 aromatic carbocycles. The third kappa shape index (κ3) is 3.93. The second-order valence-corrected chi connectivity index (χ2v) is 6.45. The average molecular weight is 286 g/mol. The summed E-state index contributed by atoms with van der Waals surface area (Å²) in [6.45, 7) is 0. The molecule has 0 aromatic heterocycles. The first-order valence-corrected chi connectivity index (χ1v) is 7.88. The predicted molar refractivity (Wildman–Crippen MR) is 70.5 cm³/mol. The second kappa shape index (κ2) is 6.37. The lowest BCUT2D eigenvalue weighted by molar-refractivity contribution is 0.101. The smallest absolute Gasteiger partial charge is 0.178 e. The maximum atomic E-state index is 13.4. The maximum absolute atomic E-state index is 13.4. The predicted octanol–water partition coefficient (Wildman–Crippen LogP) is 3.09. The standard InChI is InChI=1S/C14H16F2O2S/c15-11-5-6-13(16)12(7-11)14(17)9-19(18)8-10-3-1-2-4-10/h5-7,10H,1-4,8-9H2. The summed E-state index contributed by atoms with van der Waals surface area (Å²) in [4.78, 5) is 11.8. The number of Topliss-reactive ketones (excluding diaryl/α,β-unsaturated/α-hetero) is 1. The van der Waals surface area contributed by atoms with Gasteiger partial charge in [0, 0.05) is 16.6 Å². The van der Waals surface area contributed by atoms with E-state index in [2.05, 4.69) is 0 Å². The molecule has 19 heavy (non-hydrogen) atoms. The van der Waals surface area contributed by atoms with Crippen LogP contribution in [0.25, 0.3) is 0 Å². The molecule has 1 aromatic rings. The van der Waals surface area contributed by atoms with E-state index in [1.165, 1.54) is 0 Å². The summed E-state index contributed by atoms with van der Waals surface area (Å²) < 4.78 is 38.2. The summed E-state index contributed by atoms with van der Waals surface area (Å²) in [7, 11) is -1.29. The first-order chi connectivity index (χ1) is 9.06. The Morgan fingerprint density at radius 2 is 1.95 bits per heavy atom. The lowest BCUT2D eigenvalue weighted by Gasteiger charge is -2.08. The zero-order valence-corrected chi connectivity index (χ0v) is 11.3. The lowest BCUT2D eigenvalue weighted by atomic mass is 10.1. The van der Waals surface area contributed by atoms with E-state index in [0.29, 0.717) is 11.7 Å². The molecule has 1 aliphatic carbocycles. The monoisotopic (exact) mass is 286 g/mol. The van der Waals surface area contributed by atoms with Gasteiger partial charge in [0.1, 0.15) is 11.6 Å². The molecule has 1 aliphatic rings. The van der Waals surface area contributed by atoms with Crippen molar-refractivity contribution < 1.29 is 17.8 Å². The van der Waals surface area contributed by atoms with E-state index in [4.69, 9.17) is 0 Å². The van der Waals surface area contributed by atoms with Crippen LogP contribution >= 0.6 is 0 Å². The van der Waals surface area contributed by atoms with E-state index in [-0.39, 0.29) is 11.3 Å². The van der Waals surface area contributed by atoms with E-state index >= 15 is 0 Å². The summed E-state index contributed by atoms with van der Waals surface area (Å²) in [5.41, 5.74) is -0.306. The highest BCUT2D eigenvalue weighted by Crippen LogP contribution is 2.25. The van der Waals surface area contributed by atoms with Crippen molar-refractivity contribution in [2.75, 3.05) is 11.5 Å². The van der Waals surface area contributed by atoms with Gasteiger partial charge in [-0.05, 0) is 37.0 Å². The first-order valence-electron chi connectivity index (χ1n) is 6.39. The van der Waals surface area contributed by atoms with Gasteiger partial charge in [-0.2, -0.15) is 0 Å². The van der Waals surface area contributed by atoms with Gasteiger partial charge in [-0.15, -0.1) is 0 Å². The Balaban J connectivity index is 1.96. The van der Waals surface area contributed by atoms with Crippen molar-refractivity contribution in [3.8, 4) is 0 Å². The molecule has 0 aliphatic heterocycles. The molecule has 1 atom stereocenters. The van der Waals surface area contributed by atoms with Gasteiger partial charge in [0.05, 0.1) is 11.3 Å². The van der Waals surface area contributed by atoms with Crippen molar-refractivity contribution in [1.82, 2.24) is 0 Å². The average Bonchev–Trinajstić information content (AvgIpc) is 2.84. The van der Waals surface area contributed by atoms with Gasteiger partial charge in [-0.1, -0.05) is 12.8 Å².